The summed E-state index contributed by atoms with van der Waals surface area (Å²) in [6.45, 7) is 0.660. The molecular formula is C13H16F3N5O. The summed E-state index contributed by atoms with van der Waals surface area (Å²) in [4.78, 5) is 15.7. The molecule has 120 valence electrons. The molecule has 0 saturated carbocycles. The van der Waals surface area contributed by atoms with Gasteiger partial charge in [-0.3, -0.25) is 9.48 Å². The average Bonchev–Trinajstić information content (AvgIpc) is 2.96. The Kier molecular flexibility index (Phi) is 4.53. The minimum atomic E-state index is -4.33. The Morgan fingerprint density at radius 1 is 1.41 bits per heavy atom. The van der Waals surface area contributed by atoms with Crippen LogP contribution >= 0.6 is 0 Å². The normalized spacial score (nSPS) is 11.7. The number of alkyl halides is 3. The Hall–Kier alpha value is -2.32. The molecule has 22 heavy (non-hydrogen) atoms. The third-order valence-electron chi connectivity index (χ3n) is 3.28. The SMILES string of the molecule is Cc1c(CC(=O)NCc2nccn2CC(F)(F)F)cnn1C. The molecular weight excluding hydrogens is 299 g/mol. The maximum Gasteiger partial charge on any atom is 0.406 e. The number of carbonyl (C=O) groups is 1. The quantitative estimate of drug-likeness (QED) is 0.906. The molecule has 2 heterocycles. The number of hydrogen-bond acceptors (Lipinski definition) is 3. The van der Waals surface area contributed by atoms with Crippen LogP contribution in [-0.4, -0.2) is 31.4 Å². The molecule has 0 radical (unpaired) electrons. The number of hydrogen-bond donors (Lipinski definition) is 1. The fourth-order valence-corrected chi connectivity index (χ4v) is 1.98. The third kappa shape index (κ3) is 4.09. The topological polar surface area (TPSA) is 64.7 Å². The van der Waals surface area contributed by atoms with Gasteiger partial charge in [-0.2, -0.15) is 18.3 Å². The molecule has 9 heteroatoms. The molecule has 0 unspecified atom stereocenters. The summed E-state index contributed by atoms with van der Waals surface area (Å²) in [5.41, 5.74) is 1.65. The van der Waals surface area contributed by atoms with Gasteiger partial charge in [0.05, 0.1) is 19.2 Å². The second kappa shape index (κ2) is 6.20. The van der Waals surface area contributed by atoms with Crippen LogP contribution in [0.15, 0.2) is 18.6 Å². The second-order valence-corrected chi connectivity index (χ2v) is 4.92. The first-order chi connectivity index (χ1) is 10.3. The van der Waals surface area contributed by atoms with E-state index in [2.05, 4.69) is 15.4 Å². The second-order valence-electron chi connectivity index (χ2n) is 4.92. The smallest absolute Gasteiger partial charge is 0.349 e. The summed E-state index contributed by atoms with van der Waals surface area (Å²) >= 11 is 0. The molecule has 2 aromatic rings. The van der Waals surface area contributed by atoms with Crippen LogP contribution in [0.1, 0.15) is 17.1 Å². The molecule has 2 aromatic heterocycles. The van der Waals surface area contributed by atoms with Crippen molar-refractivity contribution in [2.45, 2.75) is 32.6 Å². The van der Waals surface area contributed by atoms with Crippen molar-refractivity contribution in [1.29, 1.82) is 0 Å². The molecule has 0 aliphatic carbocycles. The van der Waals surface area contributed by atoms with E-state index >= 15 is 0 Å². The van der Waals surface area contributed by atoms with Crippen molar-refractivity contribution in [1.82, 2.24) is 24.6 Å². The van der Waals surface area contributed by atoms with E-state index in [4.69, 9.17) is 0 Å². The minimum absolute atomic E-state index is 0.0543. The van der Waals surface area contributed by atoms with E-state index in [9.17, 15) is 18.0 Å². The van der Waals surface area contributed by atoms with Gasteiger partial charge >= 0.3 is 6.18 Å². The van der Waals surface area contributed by atoms with Gasteiger partial charge in [-0.25, -0.2) is 4.98 Å². The van der Waals surface area contributed by atoms with Crippen molar-refractivity contribution < 1.29 is 18.0 Å². The van der Waals surface area contributed by atoms with Gasteiger partial charge in [-0.05, 0) is 6.92 Å². The van der Waals surface area contributed by atoms with E-state index in [1.54, 1.807) is 17.9 Å². The standard InChI is InChI=1S/C13H16F3N5O/c1-9-10(6-19-20(9)2)5-12(22)18-7-11-17-3-4-21(11)8-13(14,15)16/h3-4,6H,5,7-8H2,1-2H3,(H,18,22). The molecule has 1 N–H and O–H groups in total. The van der Waals surface area contributed by atoms with Crippen LogP contribution in [-0.2, 0) is 31.4 Å². The van der Waals surface area contributed by atoms with Crippen LogP contribution in [0.25, 0.3) is 0 Å². The summed E-state index contributed by atoms with van der Waals surface area (Å²) in [6.07, 6.45) is -0.0931. The number of nitrogens with zero attached hydrogens (tertiary/aromatic N) is 4. The number of rotatable bonds is 5. The zero-order chi connectivity index (χ0) is 16.3. The lowest BCUT2D eigenvalue weighted by Gasteiger charge is -2.11. The zero-order valence-electron chi connectivity index (χ0n) is 12.2. The number of imidazole rings is 1. The fourth-order valence-electron chi connectivity index (χ4n) is 1.98. The molecule has 0 aliphatic rings. The fraction of sp³-hybridized carbons (Fsp3) is 0.462. The Balaban J connectivity index is 1.92. The van der Waals surface area contributed by atoms with E-state index < -0.39 is 12.7 Å². The Morgan fingerprint density at radius 2 is 2.14 bits per heavy atom. The Bertz CT molecular complexity index is 659. The van der Waals surface area contributed by atoms with Crippen molar-refractivity contribution in [2.75, 3.05) is 0 Å². The number of carbonyl (C=O) groups excluding carboxylic acids is 1. The van der Waals surface area contributed by atoms with Crippen molar-refractivity contribution in [3.63, 3.8) is 0 Å². The predicted octanol–water partition coefficient (Wildman–Crippen LogP) is 1.35. The highest BCUT2D eigenvalue weighted by atomic mass is 19.4. The highest BCUT2D eigenvalue weighted by molar-refractivity contribution is 5.78. The molecule has 2 rings (SSSR count). The highest BCUT2D eigenvalue weighted by Gasteiger charge is 2.28. The molecule has 0 fully saturated rings. The van der Waals surface area contributed by atoms with Gasteiger partial charge in [-0.1, -0.05) is 0 Å². The molecule has 0 saturated heterocycles. The van der Waals surface area contributed by atoms with Crippen molar-refractivity contribution >= 4 is 5.91 Å². The van der Waals surface area contributed by atoms with Gasteiger partial charge in [0.1, 0.15) is 12.4 Å². The molecule has 1 amide bonds. The molecule has 0 spiro atoms. The maximum absolute atomic E-state index is 12.4. The lowest BCUT2D eigenvalue weighted by atomic mass is 10.2. The van der Waals surface area contributed by atoms with Crippen LogP contribution in [0.4, 0.5) is 13.2 Å². The minimum Gasteiger partial charge on any atom is -0.349 e. The molecule has 0 atom stereocenters. The molecule has 0 aliphatic heterocycles. The molecule has 0 aromatic carbocycles. The van der Waals surface area contributed by atoms with Crippen LogP contribution in [0.2, 0.25) is 0 Å². The van der Waals surface area contributed by atoms with Crippen LogP contribution in [0.5, 0.6) is 0 Å². The van der Waals surface area contributed by atoms with Gasteiger partial charge < -0.3 is 9.88 Å². The van der Waals surface area contributed by atoms with Crippen molar-refractivity contribution in [3.05, 3.63) is 35.7 Å². The maximum atomic E-state index is 12.4. The summed E-state index contributed by atoms with van der Waals surface area (Å²) in [6, 6.07) is 0. The third-order valence-corrected chi connectivity index (χ3v) is 3.28. The number of nitrogens with one attached hydrogen (secondary N) is 1. The predicted molar refractivity (Wildman–Crippen MR) is 71.8 cm³/mol. The van der Waals surface area contributed by atoms with E-state index in [1.165, 1.54) is 12.4 Å². The van der Waals surface area contributed by atoms with Crippen molar-refractivity contribution in [3.8, 4) is 0 Å². The number of aromatic nitrogens is 4. The summed E-state index contributed by atoms with van der Waals surface area (Å²) in [5.74, 6) is -0.133. The van der Waals surface area contributed by atoms with Gasteiger partial charge in [0.25, 0.3) is 0 Å². The molecule has 6 nitrogen and oxygen atoms in total. The summed E-state index contributed by atoms with van der Waals surface area (Å²) < 4.78 is 39.8. The largest absolute Gasteiger partial charge is 0.406 e. The average molecular weight is 315 g/mol. The van der Waals surface area contributed by atoms with Gasteiger partial charge in [0, 0.05) is 30.7 Å². The van der Waals surface area contributed by atoms with Gasteiger partial charge in [-0.15, -0.1) is 0 Å². The van der Waals surface area contributed by atoms with Crippen LogP contribution in [0.3, 0.4) is 0 Å². The number of amides is 1. The number of halogens is 3. The zero-order valence-corrected chi connectivity index (χ0v) is 12.2. The lowest BCUT2D eigenvalue weighted by Crippen LogP contribution is -2.27. The van der Waals surface area contributed by atoms with Crippen LogP contribution in [0, 0.1) is 6.92 Å². The van der Waals surface area contributed by atoms with E-state index in [0.29, 0.717) is 0 Å². The van der Waals surface area contributed by atoms with Crippen LogP contribution < -0.4 is 5.32 Å². The van der Waals surface area contributed by atoms with E-state index in [0.717, 1.165) is 15.8 Å². The Labute approximate surface area is 124 Å². The summed E-state index contributed by atoms with van der Waals surface area (Å²) in [7, 11) is 1.77. The summed E-state index contributed by atoms with van der Waals surface area (Å²) in [5, 5.41) is 6.60. The van der Waals surface area contributed by atoms with Gasteiger partial charge in [0.2, 0.25) is 5.91 Å². The first-order valence-electron chi connectivity index (χ1n) is 6.57. The van der Waals surface area contributed by atoms with Crippen molar-refractivity contribution in [2.24, 2.45) is 7.05 Å². The van der Waals surface area contributed by atoms with E-state index in [-0.39, 0.29) is 24.7 Å². The monoisotopic (exact) mass is 315 g/mol. The molecule has 0 bridgehead atoms. The first kappa shape index (κ1) is 16.1. The van der Waals surface area contributed by atoms with Gasteiger partial charge in [0.15, 0.2) is 0 Å². The highest BCUT2D eigenvalue weighted by Crippen LogP contribution is 2.18. The number of aryl methyl sites for hydroxylation is 1. The van der Waals surface area contributed by atoms with E-state index in [1.807, 2.05) is 6.92 Å². The lowest BCUT2D eigenvalue weighted by molar-refractivity contribution is -0.141. The first-order valence-corrected chi connectivity index (χ1v) is 6.57. The Morgan fingerprint density at radius 3 is 2.73 bits per heavy atom.